The number of aromatic hydroxyl groups is 1. The lowest BCUT2D eigenvalue weighted by Gasteiger charge is -2.08. The third-order valence-electron chi connectivity index (χ3n) is 2.30. The minimum absolute atomic E-state index is 0.00215. The zero-order valence-electron chi connectivity index (χ0n) is 10.1. The number of phenolic OH excluding ortho intramolecular Hbond substituents is 1. The van der Waals surface area contributed by atoms with E-state index in [4.69, 9.17) is 11.6 Å². The highest BCUT2D eigenvalue weighted by molar-refractivity contribution is 7.89. The Morgan fingerprint density at radius 2 is 2.11 bits per heavy atom. The van der Waals surface area contributed by atoms with Crippen LogP contribution >= 0.6 is 11.6 Å². The number of para-hydroxylation sites is 1. The maximum atomic E-state index is 11.3. The molecule has 0 amide bonds. The number of nitrogens with one attached hydrogen (secondary N) is 2. The van der Waals surface area contributed by atoms with Crippen molar-refractivity contribution in [1.82, 2.24) is 10.0 Å². The highest BCUT2D eigenvalue weighted by Crippen LogP contribution is 2.26. The zero-order valence-corrected chi connectivity index (χ0v) is 11.7. The minimum atomic E-state index is -3.21. The molecule has 0 saturated carbocycles. The van der Waals surface area contributed by atoms with Gasteiger partial charge in [0, 0.05) is 25.2 Å². The lowest BCUT2D eigenvalue weighted by atomic mass is 10.2. The van der Waals surface area contributed by atoms with Gasteiger partial charge in [0.15, 0.2) is 0 Å². The summed E-state index contributed by atoms with van der Waals surface area (Å²) in [5, 5.41) is 12.9. The van der Waals surface area contributed by atoms with Crippen molar-refractivity contribution >= 4 is 21.6 Å². The van der Waals surface area contributed by atoms with Crippen molar-refractivity contribution in [2.24, 2.45) is 0 Å². The van der Waals surface area contributed by atoms with E-state index < -0.39 is 10.0 Å². The molecule has 0 radical (unpaired) electrons. The molecule has 0 fully saturated rings. The van der Waals surface area contributed by atoms with E-state index >= 15 is 0 Å². The average Bonchev–Trinajstić information content (AvgIpc) is 2.29. The van der Waals surface area contributed by atoms with E-state index in [0.29, 0.717) is 25.2 Å². The van der Waals surface area contributed by atoms with Crippen LogP contribution < -0.4 is 10.0 Å². The number of phenols is 1. The van der Waals surface area contributed by atoms with Crippen molar-refractivity contribution in [2.75, 3.05) is 18.8 Å². The number of rotatable bonds is 7. The van der Waals surface area contributed by atoms with Crippen molar-refractivity contribution in [2.45, 2.75) is 13.5 Å². The molecule has 0 atom stereocenters. The predicted molar refractivity (Wildman–Crippen MR) is 72.3 cm³/mol. The standard InChI is InChI=1S/C11H17ClN2O3S/c1-2-14-18(16,17)7-6-13-8-9-4-3-5-10(12)11(9)15/h3-5,13-15H,2,6-8H2,1H3. The molecular formula is C11H17ClN2O3S. The fraction of sp³-hybridized carbons (Fsp3) is 0.455. The van der Waals surface area contributed by atoms with Gasteiger partial charge < -0.3 is 10.4 Å². The van der Waals surface area contributed by atoms with Gasteiger partial charge in [-0.2, -0.15) is 0 Å². The molecule has 0 saturated heterocycles. The Balaban J connectivity index is 2.41. The summed E-state index contributed by atoms with van der Waals surface area (Å²) >= 11 is 5.76. The molecule has 1 rings (SSSR count). The largest absolute Gasteiger partial charge is 0.506 e. The second-order valence-corrected chi connectivity index (χ2v) is 6.07. The number of sulfonamides is 1. The zero-order chi connectivity index (χ0) is 13.6. The molecule has 5 nitrogen and oxygen atoms in total. The van der Waals surface area contributed by atoms with Gasteiger partial charge in [0.05, 0.1) is 10.8 Å². The average molecular weight is 293 g/mol. The maximum Gasteiger partial charge on any atom is 0.212 e. The minimum Gasteiger partial charge on any atom is -0.506 e. The third-order valence-corrected chi connectivity index (χ3v) is 4.07. The van der Waals surface area contributed by atoms with Gasteiger partial charge in [-0.15, -0.1) is 0 Å². The summed E-state index contributed by atoms with van der Waals surface area (Å²) in [5.74, 6) is 0.0310. The monoisotopic (exact) mass is 292 g/mol. The summed E-state index contributed by atoms with van der Waals surface area (Å²) < 4.78 is 25.1. The van der Waals surface area contributed by atoms with Gasteiger partial charge in [-0.05, 0) is 6.07 Å². The first-order valence-corrected chi connectivity index (χ1v) is 7.63. The van der Waals surface area contributed by atoms with Gasteiger partial charge >= 0.3 is 0 Å². The second kappa shape index (κ2) is 6.94. The first-order valence-electron chi connectivity index (χ1n) is 5.60. The van der Waals surface area contributed by atoms with Crippen molar-refractivity contribution in [3.63, 3.8) is 0 Å². The molecule has 0 spiro atoms. The van der Waals surface area contributed by atoms with Crippen LogP contribution in [-0.4, -0.2) is 32.4 Å². The molecule has 0 heterocycles. The molecule has 0 aromatic heterocycles. The lowest BCUT2D eigenvalue weighted by Crippen LogP contribution is -2.31. The highest BCUT2D eigenvalue weighted by atomic mass is 35.5. The van der Waals surface area contributed by atoms with Gasteiger partial charge in [0.1, 0.15) is 5.75 Å². The Hall–Kier alpha value is -0.820. The van der Waals surface area contributed by atoms with Crippen LogP contribution in [0.3, 0.4) is 0 Å². The summed E-state index contributed by atoms with van der Waals surface area (Å²) in [6.07, 6.45) is 0. The number of hydrogen-bond acceptors (Lipinski definition) is 4. The predicted octanol–water partition coefficient (Wildman–Crippen LogP) is 1.07. The van der Waals surface area contributed by atoms with E-state index in [-0.39, 0.29) is 16.5 Å². The van der Waals surface area contributed by atoms with Crippen molar-refractivity contribution in [1.29, 1.82) is 0 Å². The summed E-state index contributed by atoms with van der Waals surface area (Å²) in [6, 6.07) is 5.05. The molecule has 1 aromatic carbocycles. The Morgan fingerprint density at radius 1 is 1.39 bits per heavy atom. The summed E-state index contributed by atoms with van der Waals surface area (Å²) in [4.78, 5) is 0. The van der Waals surface area contributed by atoms with Crippen LogP contribution in [0.4, 0.5) is 0 Å². The quantitative estimate of drug-likeness (QED) is 0.657. The molecule has 0 bridgehead atoms. The number of benzene rings is 1. The van der Waals surface area contributed by atoms with E-state index in [1.807, 2.05) is 0 Å². The molecule has 1 aromatic rings. The van der Waals surface area contributed by atoms with E-state index in [1.165, 1.54) is 0 Å². The summed E-state index contributed by atoms with van der Waals surface area (Å²) in [5.41, 5.74) is 0.642. The van der Waals surface area contributed by atoms with Crippen LogP contribution in [0, 0.1) is 0 Å². The Bertz CT molecular complexity index is 491. The summed E-state index contributed by atoms with van der Waals surface area (Å²) in [7, 11) is -3.21. The first-order chi connectivity index (χ1) is 8.46. The molecule has 7 heteroatoms. The first kappa shape index (κ1) is 15.2. The molecule has 0 unspecified atom stereocenters. The maximum absolute atomic E-state index is 11.3. The van der Waals surface area contributed by atoms with Gasteiger partial charge in [0.2, 0.25) is 10.0 Å². The van der Waals surface area contributed by atoms with Crippen LogP contribution in [0.5, 0.6) is 5.75 Å². The van der Waals surface area contributed by atoms with E-state index in [1.54, 1.807) is 25.1 Å². The van der Waals surface area contributed by atoms with E-state index in [9.17, 15) is 13.5 Å². The van der Waals surface area contributed by atoms with Crippen LogP contribution in [0.1, 0.15) is 12.5 Å². The van der Waals surface area contributed by atoms with Crippen LogP contribution in [0.2, 0.25) is 5.02 Å². The van der Waals surface area contributed by atoms with E-state index in [0.717, 1.165) is 0 Å². The van der Waals surface area contributed by atoms with Crippen molar-refractivity contribution in [3.05, 3.63) is 28.8 Å². The Labute approximate surface area is 112 Å². The van der Waals surface area contributed by atoms with Crippen LogP contribution in [-0.2, 0) is 16.6 Å². The molecule has 0 aliphatic rings. The van der Waals surface area contributed by atoms with E-state index in [2.05, 4.69) is 10.0 Å². The summed E-state index contributed by atoms with van der Waals surface area (Å²) in [6.45, 7) is 2.79. The van der Waals surface area contributed by atoms with Gasteiger partial charge in [-0.1, -0.05) is 30.7 Å². The molecule has 3 N–H and O–H groups in total. The number of hydrogen-bond donors (Lipinski definition) is 3. The van der Waals surface area contributed by atoms with Gasteiger partial charge in [0.25, 0.3) is 0 Å². The molecule has 18 heavy (non-hydrogen) atoms. The SMILES string of the molecule is CCNS(=O)(=O)CCNCc1cccc(Cl)c1O. The lowest BCUT2D eigenvalue weighted by molar-refractivity contribution is 0.465. The highest BCUT2D eigenvalue weighted by Gasteiger charge is 2.08. The molecule has 102 valence electrons. The normalized spacial score (nSPS) is 11.7. The second-order valence-electron chi connectivity index (χ2n) is 3.74. The van der Waals surface area contributed by atoms with Gasteiger partial charge in [-0.25, -0.2) is 13.1 Å². The van der Waals surface area contributed by atoms with Gasteiger partial charge in [-0.3, -0.25) is 0 Å². The number of halogens is 1. The fourth-order valence-corrected chi connectivity index (χ4v) is 2.62. The topological polar surface area (TPSA) is 78.4 Å². The van der Waals surface area contributed by atoms with Crippen molar-refractivity contribution in [3.8, 4) is 5.75 Å². The molecule has 0 aliphatic heterocycles. The Kier molecular flexibility index (Phi) is 5.87. The Morgan fingerprint density at radius 3 is 2.78 bits per heavy atom. The fourth-order valence-electron chi connectivity index (χ4n) is 1.42. The van der Waals surface area contributed by atoms with Crippen LogP contribution in [0.25, 0.3) is 0 Å². The molecule has 0 aliphatic carbocycles. The van der Waals surface area contributed by atoms with Crippen molar-refractivity contribution < 1.29 is 13.5 Å². The van der Waals surface area contributed by atoms with Crippen LogP contribution in [0.15, 0.2) is 18.2 Å². The third kappa shape index (κ3) is 4.81. The molecular weight excluding hydrogens is 276 g/mol. The smallest absolute Gasteiger partial charge is 0.212 e.